The molecule has 1 aromatic carbocycles. The molecule has 5 rings (SSSR count). The summed E-state index contributed by atoms with van der Waals surface area (Å²) in [6.07, 6.45) is 5.93. The van der Waals surface area contributed by atoms with Gasteiger partial charge in [0.2, 0.25) is 11.8 Å². The number of rotatable bonds is 5. The van der Waals surface area contributed by atoms with Gasteiger partial charge in [-0.3, -0.25) is 19.6 Å². The SMILES string of the molecule is CC(C)n1nc(C2CCC(=O)NC2=O)c2ccc(C3CCN(CC4CCNCC4)CC3)cc21. The Balaban J connectivity index is 1.33. The number of aromatic nitrogens is 2. The number of fused-ring (bicyclic) bond motifs is 1. The quantitative estimate of drug-likeness (QED) is 0.682. The molecule has 33 heavy (non-hydrogen) atoms. The molecule has 3 saturated heterocycles. The summed E-state index contributed by atoms with van der Waals surface area (Å²) >= 11 is 0. The maximum absolute atomic E-state index is 12.5. The highest BCUT2D eigenvalue weighted by molar-refractivity contribution is 6.02. The van der Waals surface area contributed by atoms with Crippen LogP contribution in [0.4, 0.5) is 0 Å². The van der Waals surface area contributed by atoms with Crippen LogP contribution in [0.15, 0.2) is 18.2 Å². The lowest BCUT2D eigenvalue weighted by Crippen LogP contribution is -2.39. The van der Waals surface area contributed by atoms with Crippen molar-refractivity contribution in [1.82, 2.24) is 25.3 Å². The molecule has 0 spiro atoms. The van der Waals surface area contributed by atoms with Gasteiger partial charge in [0.05, 0.1) is 17.1 Å². The van der Waals surface area contributed by atoms with Crippen molar-refractivity contribution in [2.45, 2.75) is 70.3 Å². The van der Waals surface area contributed by atoms with Crippen LogP contribution in [0.3, 0.4) is 0 Å². The molecule has 1 atom stereocenters. The number of imide groups is 1. The van der Waals surface area contributed by atoms with Crippen LogP contribution in [0.25, 0.3) is 10.9 Å². The largest absolute Gasteiger partial charge is 0.317 e. The molecule has 4 heterocycles. The van der Waals surface area contributed by atoms with Crippen LogP contribution in [0.2, 0.25) is 0 Å². The van der Waals surface area contributed by atoms with Crippen molar-refractivity contribution < 1.29 is 9.59 Å². The van der Waals surface area contributed by atoms with Crippen molar-refractivity contribution in [3.05, 3.63) is 29.5 Å². The van der Waals surface area contributed by atoms with Gasteiger partial charge >= 0.3 is 0 Å². The highest BCUT2D eigenvalue weighted by atomic mass is 16.2. The smallest absolute Gasteiger partial charge is 0.235 e. The van der Waals surface area contributed by atoms with Crippen molar-refractivity contribution in [2.24, 2.45) is 5.92 Å². The van der Waals surface area contributed by atoms with E-state index >= 15 is 0 Å². The number of piperidine rings is 3. The second-order valence-corrected chi connectivity index (χ2v) is 10.5. The first-order valence-corrected chi connectivity index (χ1v) is 12.8. The first-order valence-electron chi connectivity index (χ1n) is 12.8. The Hall–Kier alpha value is -2.25. The fraction of sp³-hybridized carbons (Fsp3) is 0.654. The first kappa shape index (κ1) is 22.5. The summed E-state index contributed by atoms with van der Waals surface area (Å²) in [5.74, 6) is 0.678. The number of carbonyl (C=O) groups excluding carboxylic acids is 2. The fourth-order valence-corrected chi connectivity index (χ4v) is 5.92. The third kappa shape index (κ3) is 4.71. The molecule has 3 aliphatic rings. The van der Waals surface area contributed by atoms with Gasteiger partial charge in [-0.2, -0.15) is 5.10 Å². The Morgan fingerprint density at radius 3 is 2.52 bits per heavy atom. The van der Waals surface area contributed by atoms with E-state index in [1.165, 1.54) is 64.0 Å². The molecule has 178 valence electrons. The number of likely N-dealkylation sites (tertiary alicyclic amines) is 1. The van der Waals surface area contributed by atoms with Gasteiger partial charge in [0.1, 0.15) is 0 Å². The highest BCUT2D eigenvalue weighted by Gasteiger charge is 2.32. The molecule has 2 amide bonds. The molecular weight excluding hydrogens is 414 g/mol. The zero-order chi connectivity index (χ0) is 22.9. The molecule has 0 saturated carbocycles. The van der Waals surface area contributed by atoms with Gasteiger partial charge in [-0.25, -0.2) is 0 Å². The van der Waals surface area contributed by atoms with E-state index in [-0.39, 0.29) is 23.8 Å². The van der Waals surface area contributed by atoms with E-state index in [9.17, 15) is 9.59 Å². The molecule has 2 aromatic rings. The van der Waals surface area contributed by atoms with Crippen LogP contribution < -0.4 is 10.6 Å². The molecule has 0 aliphatic carbocycles. The summed E-state index contributed by atoms with van der Waals surface area (Å²) in [7, 11) is 0. The maximum Gasteiger partial charge on any atom is 0.235 e. The Bertz CT molecular complexity index is 1020. The summed E-state index contributed by atoms with van der Waals surface area (Å²) in [5, 5.41) is 11.9. The van der Waals surface area contributed by atoms with Crippen LogP contribution in [0, 0.1) is 5.92 Å². The van der Waals surface area contributed by atoms with Crippen LogP contribution in [0.5, 0.6) is 0 Å². The lowest BCUT2D eigenvalue weighted by molar-refractivity contribution is -0.134. The van der Waals surface area contributed by atoms with Gasteiger partial charge in [0, 0.05) is 24.4 Å². The van der Waals surface area contributed by atoms with E-state index < -0.39 is 0 Å². The van der Waals surface area contributed by atoms with Crippen molar-refractivity contribution in [3.8, 4) is 0 Å². The molecule has 1 unspecified atom stereocenters. The minimum atomic E-state index is -0.353. The lowest BCUT2D eigenvalue weighted by atomic mass is 9.87. The third-order valence-electron chi connectivity index (χ3n) is 7.85. The number of hydrogen-bond acceptors (Lipinski definition) is 5. The van der Waals surface area contributed by atoms with Crippen molar-refractivity contribution in [3.63, 3.8) is 0 Å². The van der Waals surface area contributed by atoms with Crippen LogP contribution in [-0.2, 0) is 9.59 Å². The van der Waals surface area contributed by atoms with Gasteiger partial charge in [0.15, 0.2) is 0 Å². The molecule has 2 N–H and O–H groups in total. The lowest BCUT2D eigenvalue weighted by Gasteiger charge is -2.35. The summed E-state index contributed by atoms with van der Waals surface area (Å²) in [6, 6.07) is 6.93. The van der Waals surface area contributed by atoms with Crippen LogP contribution >= 0.6 is 0 Å². The third-order valence-corrected chi connectivity index (χ3v) is 7.85. The summed E-state index contributed by atoms with van der Waals surface area (Å²) in [5.41, 5.74) is 3.31. The van der Waals surface area contributed by atoms with E-state index in [0.29, 0.717) is 18.8 Å². The Kier molecular flexibility index (Phi) is 6.52. The molecule has 0 radical (unpaired) electrons. The van der Waals surface area contributed by atoms with Gasteiger partial charge in [-0.1, -0.05) is 12.1 Å². The van der Waals surface area contributed by atoms with Gasteiger partial charge in [-0.15, -0.1) is 0 Å². The van der Waals surface area contributed by atoms with Crippen molar-refractivity contribution >= 4 is 22.7 Å². The number of amides is 2. The topological polar surface area (TPSA) is 79.3 Å². The number of nitrogens with one attached hydrogen (secondary N) is 2. The highest BCUT2D eigenvalue weighted by Crippen LogP contribution is 2.35. The van der Waals surface area contributed by atoms with Crippen molar-refractivity contribution in [2.75, 3.05) is 32.7 Å². The van der Waals surface area contributed by atoms with Gasteiger partial charge in [0.25, 0.3) is 0 Å². The number of nitrogens with zero attached hydrogens (tertiary/aromatic N) is 3. The predicted octanol–water partition coefficient (Wildman–Crippen LogP) is 3.32. The first-order chi connectivity index (χ1) is 16.0. The van der Waals surface area contributed by atoms with E-state index in [0.717, 1.165) is 22.5 Å². The van der Waals surface area contributed by atoms with E-state index in [1.54, 1.807) is 0 Å². The van der Waals surface area contributed by atoms with E-state index in [2.05, 4.69) is 52.3 Å². The average Bonchev–Trinajstić information content (AvgIpc) is 3.19. The molecule has 7 heteroatoms. The monoisotopic (exact) mass is 451 g/mol. The van der Waals surface area contributed by atoms with Crippen molar-refractivity contribution in [1.29, 1.82) is 0 Å². The summed E-state index contributed by atoms with van der Waals surface area (Å²) < 4.78 is 2.06. The molecule has 3 aliphatic heterocycles. The second-order valence-electron chi connectivity index (χ2n) is 10.5. The minimum Gasteiger partial charge on any atom is -0.317 e. The van der Waals surface area contributed by atoms with Gasteiger partial charge in [-0.05, 0) is 95.6 Å². The predicted molar refractivity (Wildman–Crippen MR) is 129 cm³/mol. The van der Waals surface area contributed by atoms with E-state index in [4.69, 9.17) is 5.10 Å². The molecule has 0 bridgehead atoms. The van der Waals surface area contributed by atoms with Crippen LogP contribution in [-0.4, -0.2) is 59.2 Å². The molecule has 1 aromatic heterocycles. The number of benzene rings is 1. The Morgan fingerprint density at radius 1 is 1.06 bits per heavy atom. The molecule has 3 fully saturated rings. The summed E-state index contributed by atoms with van der Waals surface area (Å²) in [6.45, 7) is 10.2. The van der Waals surface area contributed by atoms with Gasteiger partial charge < -0.3 is 10.2 Å². The number of hydrogen-bond donors (Lipinski definition) is 2. The molecule has 7 nitrogen and oxygen atoms in total. The summed E-state index contributed by atoms with van der Waals surface area (Å²) in [4.78, 5) is 26.8. The average molecular weight is 452 g/mol. The zero-order valence-electron chi connectivity index (χ0n) is 20.0. The Morgan fingerprint density at radius 2 is 1.82 bits per heavy atom. The minimum absolute atomic E-state index is 0.183. The molecular formula is C26H37N5O2. The van der Waals surface area contributed by atoms with E-state index in [1.807, 2.05) is 0 Å². The standard InChI is InChI=1S/C26H37N5O2/c1-17(2)31-23-15-20(19-9-13-30(14-10-19)16-18-7-11-27-12-8-18)3-4-21(23)25(29-31)22-5-6-24(32)28-26(22)33/h3-4,15,17-19,22,27H,5-14,16H2,1-2H3,(H,28,32,33). The van der Waals surface area contributed by atoms with Crippen LogP contribution in [0.1, 0.15) is 81.5 Å². The fourth-order valence-electron chi connectivity index (χ4n) is 5.92. The Labute approximate surface area is 196 Å². The normalized spacial score (nSPS) is 24.0. The second kappa shape index (κ2) is 9.55. The zero-order valence-corrected chi connectivity index (χ0v) is 20.0. The maximum atomic E-state index is 12.5. The number of carbonyl (C=O) groups is 2.